The first-order valence-corrected chi connectivity index (χ1v) is 8.80. The lowest BCUT2D eigenvalue weighted by atomic mass is 10.1. The summed E-state index contributed by atoms with van der Waals surface area (Å²) in [5.41, 5.74) is -0.191. The summed E-state index contributed by atoms with van der Waals surface area (Å²) in [6.45, 7) is 4.00. The monoisotopic (exact) mass is 311 g/mol. The normalized spacial score (nSPS) is 19.2. The van der Waals surface area contributed by atoms with Gasteiger partial charge in [0.1, 0.15) is 5.69 Å². The van der Waals surface area contributed by atoms with Gasteiger partial charge in [0.05, 0.1) is 5.60 Å². The first-order chi connectivity index (χ1) is 10.0. The van der Waals surface area contributed by atoms with Crippen molar-refractivity contribution in [3.63, 3.8) is 0 Å². The number of nitrogens with one attached hydrogen (secondary N) is 2. The van der Waals surface area contributed by atoms with Crippen LogP contribution >= 0.6 is 11.8 Å². The van der Waals surface area contributed by atoms with Crippen molar-refractivity contribution in [3.8, 4) is 0 Å². The van der Waals surface area contributed by atoms with Gasteiger partial charge in [-0.2, -0.15) is 11.8 Å². The summed E-state index contributed by atoms with van der Waals surface area (Å²) in [5.74, 6) is 0.489. The number of nitrogens with zero attached hydrogens (tertiary/aromatic N) is 1. The van der Waals surface area contributed by atoms with E-state index in [1.165, 1.54) is 0 Å². The van der Waals surface area contributed by atoms with Crippen LogP contribution in [-0.4, -0.2) is 52.8 Å². The minimum absolute atomic E-state index is 0.111. The Balaban J connectivity index is 1.98. The van der Waals surface area contributed by atoms with Crippen molar-refractivity contribution in [2.45, 2.75) is 31.4 Å². The minimum atomic E-state index is -0.874. The van der Waals surface area contributed by atoms with Crippen LogP contribution in [0.2, 0.25) is 0 Å². The van der Waals surface area contributed by atoms with E-state index in [-0.39, 0.29) is 12.5 Å². The van der Waals surface area contributed by atoms with Gasteiger partial charge in [0.25, 0.3) is 5.91 Å². The molecule has 1 saturated heterocycles. The van der Waals surface area contributed by atoms with E-state index in [1.54, 1.807) is 18.7 Å². The molecule has 1 amide bonds. The summed E-state index contributed by atoms with van der Waals surface area (Å²) in [4.78, 5) is 12.4. The van der Waals surface area contributed by atoms with Gasteiger partial charge in [0.15, 0.2) is 0 Å². The summed E-state index contributed by atoms with van der Waals surface area (Å²) in [7, 11) is 0. The molecule has 3 N–H and O–H groups in total. The molecular formula is C15H25N3O2S. The van der Waals surface area contributed by atoms with Crippen molar-refractivity contribution < 1.29 is 9.90 Å². The highest BCUT2D eigenvalue weighted by Crippen LogP contribution is 2.21. The summed E-state index contributed by atoms with van der Waals surface area (Å²) >= 11 is 1.57. The lowest BCUT2D eigenvalue weighted by Gasteiger charge is -2.26. The third kappa shape index (κ3) is 4.49. The lowest BCUT2D eigenvalue weighted by molar-refractivity contribution is 0.0718. The number of piperidine rings is 1. The Kier molecular flexibility index (Phi) is 5.72. The topological polar surface area (TPSA) is 66.3 Å². The quantitative estimate of drug-likeness (QED) is 0.740. The van der Waals surface area contributed by atoms with Crippen molar-refractivity contribution in [2.24, 2.45) is 0 Å². The maximum Gasteiger partial charge on any atom is 0.268 e. The number of carbonyl (C=O) groups is 1. The number of carbonyl (C=O) groups excluding carboxylic acids is 1. The minimum Gasteiger partial charge on any atom is -0.387 e. The van der Waals surface area contributed by atoms with Gasteiger partial charge >= 0.3 is 0 Å². The molecule has 6 heteroatoms. The zero-order valence-corrected chi connectivity index (χ0v) is 13.6. The van der Waals surface area contributed by atoms with E-state index >= 15 is 0 Å². The van der Waals surface area contributed by atoms with E-state index in [4.69, 9.17) is 0 Å². The molecule has 21 heavy (non-hydrogen) atoms. The third-order valence-electron chi connectivity index (χ3n) is 3.80. The number of thioether (sulfide) groups is 1. The number of hydrogen-bond acceptors (Lipinski definition) is 4. The van der Waals surface area contributed by atoms with Crippen LogP contribution in [0.1, 0.15) is 36.3 Å². The van der Waals surface area contributed by atoms with Crippen molar-refractivity contribution in [1.29, 1.82) is 0 Å². The second-order valence-corrected chi connectivity index (χ2v) is 6.76. The van der Waals surface area contributed by atoms with E-state index < -0.39 is 5.60 Å². The van der Waals surface area contributed by atoms with E-state index in [0.717, 1.165) is 25.9 Å². The molecule has 1 aliphatic rings. The lowest BCUT2D eigenvalue weighted by Crippen LogP contribution is -2.43. The molecule has 118 valence electrons. The van der Waals surface area contributed by atoms with Crippen LogP contribution in [0.15, 0.2) is 18.3 Å². The smallest absolute Gasteiger partial charge is 0.268 e. The van der Waals surface area contributed by atoms with Crippen molar-refractivity contribution in [1.82, 2.24) is 15.2 Å². The van der Waals surface area contributed by atoms with E-state index in [1.807, 2.05) is 24.6 Å². The summed E-state index contributed by atoms with van der Waals surface area (Å²) < 4.78 is 2.07. The van der Waals surface area contributed by atoms with Gasteiger partial charge in [-0.05, 0) is 51.2 Å². The standard InChI is InChI=1S/C15H25N3O2S/c1-15(20,11-21-2)10-17-14(19)13-4-3-9-18(13)12-5-7-16-8-6-12/h3-4,9,12,16,20H,5-8,10-11H2,1-2H3,(H,17,19). The van der Waals surface area contributed by atoms with Gasteiger partial charge in [-0.15, -0.1) is 0 Å². The van der Waals surface area contributed by atoms with Crippen LogP contribution in [0, 0.1) is 0 Å². The molecule has 2 rings (SSSR count). The Bertz CT molecular complexity index is 467. The maximum atomic E-state index is 12.4. The molecule has 1 unspecified atom stereocenters. The molecule has 0 aliphatic carbocycles. The van der Waals surface area contributed by atoms with Crippen molar-refractivity contribution in [2.75, 3.05) is 31.6 Å². The molecule has 1 aromatic rings. The highest BCUT2D eigenvalue weighted by Gasteiger charge is 2.23. The van der Waals surface area contributed by atoms with E-state index in [0.29, 0.717) is 17.5 Å². The van der Waals surface area contributed by atoms with Gasteiger partial charge in [0, 0.05) is 24.5 Å². The Labute approximate surface area is 130 Å². The fourth-order valence-corrected chi connectivity index (χ4v) is 3.44. The largest absolute Gasteiger partial charge is 0.387 e. The van der Waals surface area contributed by atoms with Crippen LogP contribution in [0.5, 0.6) is 0 Å². The molecule has 2 heterocycles. The Hall–Kier alpha value is -0.980. The summed E-state index contributed by atoms with van der Waals surface area (Å²) in [6.07, 6.45) is 6.00. The first kappa shape index (κ1) is 16.4. The highest BCUT2D eigenvalue weighted by atomic mass is 32.2. The second kappa shape index (κ2) is 7.33. The van der Waals surface area contributed by atoms with Gasteiger partial charge in [-0.25, -0.2) is 0 Å². The Morgan fingerprint density at radius 3 is 2.95 bits per heavy atom. The number of aliphatic hydroxyl groups is 1. The van der Waals surface area contributed by atoms with Gasteiger partial charge in [0.2, 0.25) is 0 Å². The third-order valence-corrected chi connectivity index (χ3v) is 4.71. The average molecular weight is 311 g/mol. The molecule has 5 nitrogen and oxygen atoms in total. The average Bonchev–Trinajstić information content (AvgIpc) is 2.95. The SMILES string of the molecule is CSCC(C)(O)CNC(=O)c1cccn1C1CCNCC1. The number of hydrogen-bond donors (Lipinski definition) is 3. The van der Waals surface area contributed by atoms with Crippen LogP contribution in [0.3, 0.4) is 0 Å². The summed E-state index contributed by atoms with van der Waals surface area (Å²) in [6, 6.07) is 4.14. The molecule has 0 bridgehead atoms. The van der Waals surface area contributed by atoms with E-state index in [9.17, 15) is 9.90 Å². The second-order valence-electron chi connectivity index (χ2n) is 5.89. The van der Waals surface area contributed by atoms with Crippen molar-refractivity contribution >= 4 is 17.7 Å². The fourth-order valence-electron chi connectivity index (χ4n) is 2.71. The predicted molar refractivity (Wildman–Crippen MR) is 86.9 cm³/mol. The molecule has 1 fully saturated rings. The van der Waals surface area contributed by atoms with Crippen molar-refractivity contribution in [3.05, 3.63) is 24.0 Å². The summed E-state index contributed by atoms with van der Waals surface area (Å²) in [5, 5.41) is 16.3. The van der Waals surface area contributed by atoms with Crippen LogP contribution < -0.4 is 10.6 Å². The molecule has 0 saturated carbocycles. The molecule has 1 atom stereocenters. The van der Waals surface area contributed by atoms with Gasteiger partial charge in [-0.3, -0.25) is 4.79 Å². The number of amides is 1. The molecule has 0 spiro atoms. The van der Waals surface area contributed by atoms with Gasteiger partial charge < -0.3 is 20.3 Å². The highest BCUT2D eigenvalue weighted by molar-refractivity contribution is 7.98. The van der Waals surface area contributed by atoms with Crippen LogP contribution in [0.4, 0.5) is 0 Å². The molecule has 1 aliphatic heterocycles. The molecular weight excluding hydrogens is 286 g/mol. The Morgan fingerprint density at radius 1 is 1.57 bits per heavy atom. The maximum absolute atomic E-state index is 12.4. The molecule has 1 aromatic heterocycles. The molecule has 0 aromatic carbocycles. The van der Waals surface area contributed by atoms with Gasteiger partial charge in [-0.1, -0.05) is 0 Å². The van der Waals surface area contributed by atoms with Crippen LogP contribution in [0.25, 0.3) is 0 Å². The zero-order chi connectivity index (χ0) is 15.3. The number of aromatic nitrogens is 1. The Morgan fingerprint density at radius 2 is 2.29 bits per heavy atom. The zero-order valence-electron chi connectivity index (χ0n) is 12.8. The predicted octanol–water partition coefficient (Wildman–Crippen LogP) is 1.26. The first-order valence-electron chi connectivity index (χ1n) is 7.40. The van der Waals surface area contributed by atoms with E-state index in [2.05, 4.69) is 15.2 Å². The van der Waals surface area contributed by atoms with Crippen LogP contribution in [-0.2, 0) is 0 Å². The molecule has 0 radical (unpaired) electrons. The number of rotatable bonds is 6. The fraction of sp³-hybridized carbons (Fsp3) is 0.667.